The van der Waals surface area contributed by atoms with Crippen molar-refractivity contribution in [2.75, 3.05) is 20.3 Å². The fraction of sp³-hybridized carbons (Fsp3) is 0.588. The molecule has 138 valence electrons. The van der Waals surface area contributed by atoms with Gasteiger partial charge in [0.2, 0.25) is 0 Å². The molecule has 0 spiro atoms. The number of fused-ring (bicyclic) bond motifs is 3. The minimum Gasteiger partial charge on any atom is -0.486 e. The fourth-order valence-corrected chi connectivity index (χ4v) is 4.22. The van der Waals surface area contributed by atoms with Gasteiger partial charge in [0.1, 0.15) is 13.2 Å². The maximum absolute atomic E-state index is 5.89. The van der Waals surface area contributed by atoms with E-state index in [1.807, 2.05) is 6.07 Å². The van der Waals surface area contributed by atoms with Gasteiger partial charge in [0.05, 0.1) is 22.7 Å². The first-order valence-corrected chi connectivity index (χ1v) is 9.23. The normalized spacial score (nSPS) is 27.0. The molecule has 2 bridgehead atoms. The molecule has 0 aliphatic carbocycles. The molecule has 0 amide bonds. The topological polar surface area (TPSA) is 64.1 Å². The molecule has 3 aliphatic rings. The summed E-state index contributed by atoms with van der Waals surface area (Å²) < 4.78 is 18.1. The molecule has 1 aromatic rings. The number of benzene rings is 1. The molecule has 0 radical (unpaired) electrons. The van der Waals surface area contributed by atoms with Crippen LogP contribution in [0.1, 0.15) is 24.8 Å². The molecule has 3 aliphatic heterocycles. The van der Waals surface area contributed by atoms with Crippen LogP contribution in [-0.2, 0) is 11.3 Å². The Labute approximate surface area is 173 Å². The van der Waals surface area contributed by atoms with Gasteiger partial charge in [0, 0.05) is 13.6 Å². The molecule has 2 saturated heterocycles. The van der Waals surface area contributed by atoms with Crippen molar-refractivity contribution in [2.45, 2.75) is 44.1 Å². The maximum Gasteiger partial charge on any atom is 0.191 e. The van der Waals surface area contributed by atoms with E-state index in [1.54, 1.807) is 7.05 Å². The zero-order valence-electron chi connectivity index (χ0n) is 14.1. The van der Waals surface area contributed by atoms with E-state index in [2.05, 4.69) is 37.6 Å². The summed E-state index contributed by atoms with van der Waals surface area (Å²) in [5.41, 5.74) is 1.11. The Morgan fingerprint density at radius 1 is 1.28 bits per heavy atom. The van der Waals surface area contributed by atoms with Crippen molar-refractivity contribution in [1.29, 1.82) is 0 Å². The summed E-state index contributed by atoms with van der Waals surface area (Å²) in [5.74, 6) is 2.38. The molecular weight excluding hydrogens is 501 g/mol. The van der Waals surface area contributed by atoms with E-state index in [0.717, 1.165) is 40.3 Å². The van der Waals surface area contributed by atoms with Crippen molar-refractivity contribution in [2.24, 2.45) is 4.99 Å². The van der Waals surface area contributed by atoms with Gasteiger partial charge in [-0.15, -0.1) is 24.0 Å². The van der Waals surface area contributed by atoms with Crippen molar-refractivity contribution in [3.8, 4) is 11.5 Å². The highest BCUT2D eigenvalue weighted by molar-refractivity contribution is 14.0. The summed E-state index contributed by atoms with van der Waals surface area (Å²) in [6, 6.07) is 4.43. The van der Waals surface area contributed by atoms with E-state index >= 15 is 0 Å². The molecule has 0 aromatic heterocycles. The Kier molecular flexibility index (Phi) is 6.32. The van der Waals surface area contributed by atoms with Gasteiger partial charge in [-0.05, 0) is 52.9 Å². The zero-order valence-corrected chi connectivity index (χ0v) is 18.0. The molecule has 3 unspecified atom stereocenters. The summed E-state index contributed by atoms with van der Waals surface area (Å²) in [6.45, 7) is 1.84. The number of ether oxygens (including phenoxy) is 3. The van der Waals surface area contributed by atoms with E-state index < -0.39 is 0 Å². The zero-order chi connectivity index (χ0) is 16.5. The molecule has 25 heavy (non-hydrogen) atoms. The average molecular weight is 524 g/mol. The van der Waals surface area contributed by atoms with Crippen molar-refractivity contribution in [3.05, 3.63) is 22.2 Å². The van der Waals surface area contributed by atoms with Gasteiger partial charge in [-0.2, -0.15) is 0 Å². The number of nitrogens with zero attached hydrogens (tertiary/aromatic N) is 1. The van der Waals surface area contributed by atoms with E-state index in [9.17, 15) is 0 Å². The molecule has 2 fully saturated rings. The third-order valence-corrected chi connectivity index (χ3v) is 5.36. The van der Waals surface area contributed by atoms with E-state index in [-0.39, 0.29) is 24.0 Å². The second-order valence-electron chi connectivity index (χ2n) is 6.39. The maximum atomic E-state index is 5.89. The van der Waals surface area contributed by atoms with Gasteiger partial charge < -0.3 is 24.8 Å². The van der Waals surface area contributed by atoms with Gasteiger partial charge in [-0.25, -0.2) is 0 Å². The van der Waals surface area contributed by atoms with Crippen LogP contribution in [0.15, 0.2) is 21.6 Å². The summed E-state index contributed by atoms with van der Waals surface area (Å²) in [4.78, 5) is 4.33. The Balaban J connectivity index is 0.00000182. The van der Waals surface area contributed by atoms with Crippen LogP contribution in [0.2, 0.25) is 0 Å². The largest absolute Gasteiger partial charge is 0.486 e. The van der Waals surface area contributed by atoms with Gasteiger partial charge in [-0.1, -0.05) is 0 Å². The Morgan fingerprint density at radius 3 is 2.84 bits per heavy atom. The first-order chi connectivity index (χ1) is 11.7. The van der Waals surface area contributed by atoms with E-state index in [1.165, 1.54) is 6.42 Å². The summed E-state index contributed by atoms with van der Waals surface area (Å²) in [7, 11) is 1.79. The van der Waals surface area contributed by atoms with Crippen molar-refractivity contribution in [1.82, 2.24) is 10.6 Å². The van der Waals surface area contributed by atoms with Crippen LogP contribution < -0.4 is 20.1 Å². The van der Waals surface area contributed by atoms with Gasteiger partial charge in [-0.3, -0.25) is 4.99 Å². The number of aliphatic imine (C=N–C) groups is 1. The highest BCUT2D eigenvalue weighted by atomic mass is 127. The smallest absolute Gasteiger partial charge is 0.191 e. The van der Waals surface area contributed by atoms with Gasteiger partial charge in [0.15, 0.2) is 17.5 Å². The molecule has 0 saturated carbocycles. The highest BCUT2D eigenvalue weighted by Crippen LogP contribution is 2.38. The van der Waals surface area contributed by atoms with Crippen LogP contribution in [0.25, 0.3) is 0 Å². The van der Waals surface area contributed by atoms with Gasteiger partial charge >= 0.3 is 0 Å². The third-order valence-electron chi connectivity index (χ3n) is 4.77. The molecule has 8 heteroatoms. The second kappa shape index (κ2) is 8.30. The lowest BCUT2D eigenvalue weighted by molar-refractivity contribution is 0.0992. The predicted octanol–water partition coefficient (Wildman–Crippen LogP) is 2.82. The minimum absolute atomic E-state index is 0. The quantitative estimate of drug-likeness (QED) is 0.362. The molecule has 3 atom stereocenters. The average Bonchev–Trinajstić information content (AvgIpc) is 3.21. The Hall–Kier alpha value is -0.740. The molecule has 6 nitrogen and oxygen atoms in total. The first kappa shape index (κ1) is 19.0. The lowest BCUT2D eigenvalue weighted by Gasteiger charge is -2.23. The SMILES string of the molecule is CN=C(NCc1cc(Br)c2c(c1)OCCO2)NC1CC2CCC1O2.I. The number of rotatable bonds is 3. The lowest BCUT2D eigenvalue weighted by atomic mass is 9.96. The number of halogens is 2. The monoisotopic (exact) mass is 523 g/mol. The summed E-state index contributed by atoms with van der Waals surface area (Å²) >= 11 is 3.55. The summed E-state index contributed by atoms with van der Waals surface area (Å²) in [6.07, 6.45) is 4.17. The molecule has 4 rings (SSSR count). The minimum atomic E-state index is 0. The lowest BCUT2D eigenvalue weighted by Crippen LogP contribution is -2.47. The van der Waals surface area contributed by atoms with Crippen LogP contribution in [0.3, 0.4) is 0 Å². The van der Waals surface area contributed by atoms with Crippen LogP contribution in [0.4, 0.5) is 0 Å². The van der Waals surface area contributed by atoms with Crippen molar-refractivity contribution >= 4 is 45.9 Å². The Bertz CT molecular complexity index is 658. The predicted molar refractivity (Wildman–Crippen MR) is 110 cm³/mol. The number of nitrogens with one attached hydrogen (secondary N) is 2. The number of guanidine groups is 1. The van der Waals surface area contributed by atoms with E-state index in [0.29, 0.717) is 38.0 Å². The first-order valence-electron chi connectivity index (χ1n) is 8.43. The van der Waals surface area contributed by atoms with Gasteiger partial charge in [0.25, 0.3) is 0 Å². The van der Waals surface area contributed by atoms with Crippen LogP contribution in [0.5, 0.6) is 11.5 Å². The molecule has 2 N–H and O–H groups in total. The molecule has 3 heterocycles. The Morgan fingerprint density at radius 2 is 2.12 bits per heavy atom. The van der Waals surface area contributed by atoms with Crippen LogP contribution in [0, 0.1) is 0 Å². The standard InChI is InChI=1S/C17H22BrN3O3.HI/c1-19-17(21-13-8-11-2-3-14(13)24-11)20-9-10-6-12(18)16-15(7-10)22-4-5-23-16;/h6-7,11,13-14H,2-5,8-9H2,1H3,(H2,19,20,21);1H. The highest BCUT2D eigenvalue weighted by Gasteiger charge is 2.41. The number of hydrogen-bond donors (Lipinski definition) is 2. The molecule has 1 aromatic carbocycles. The third kappa shape index (κ3) is 4.16. The van der Waals surface area contributed by atoms with Crippen molar-refractivity contribution < 1.29 is 14.2 Å². The van der Waals surface area contributed by atoms with E-state index in [4.69, 9.17) is 14.2 Å². The van der Waals surface area contributed by atoms with Crippen LogP contribution >= 0.6 is 39.9 Å². The second-order valence-corrected chi connectivity index (χ2v) is 7.24. The van der Waals surface area contributed by atoms with Crippen molar-refractivity contribution in [3.63, 3.8) is 0 Å². The van der Waals surface area contributed by atoms with Crippen LogP contribution in [-0.4, -0.2) is 44.5 Å². The summed E-state index contributed by atoms with van der Waals surface area (Å²) in [5, 5.41) is 6.86. The number of hydrogen-bond acceptors (Lipinski definition) is 4. The molecular formula is C17H23BrIN3O3. The fourth-order valence-electron chi connectivity index (χ4n) is 3.61.